The monoisotopic (exact) mass is 397 g/mol. The smallest absolute Gasteiger partial charge is 0.329 e. The lowest BCUT2D eigenvalue weighted by Gasteiger charge is -2.10. The van der Waals surface area contributed by atoms with Crippen LogP contribution in [0.4, 0.5) is 4.79 Å². The minimum Gasteiger partial charge on any atom is -0.468 e. The molecule has 1 aromatic heterocycles. The molecule has 0 aliphatic carbocycles. The first-order chi connectivity index (χ1) is 13.9. The van der Waals surface area contributed by atoms with E-state index in [-0.39, 0.29) is 12.5 Å². The first-order valence-electron chi connectivity index (χ1n) is 8.89. The first-order valence-corrected chi connectivity index (χ1v) is 8.89. The number of carbonyl (C=O) groups excluding carboxylic acids is 3. The average Bonchev–Trinajstić information content (AvgIpc) is 3.34. The molecule has 0 spiro atoms. The number of rotatable bonds is 4. The molecule has 3 heterocycles. The van der Waals surface area contributed by atoms with Crippen molar-refractivity contribution in [3.8, 4) is 17.2 Å². The van der Waals surface area contributed by atoms with E-state index in [1.54, 1.807) is 6.08 Å². The summed E-state index contributed by atoms with van der Waals surface area (Å²) in [6.45, 7) is 3.62. The number of aromatic nitrogens is 1. The van der Waals surface area contributed by atoms with E-state index in [1.165, 1.54) is 7.11 Å². The van der Waals surface area contributed by atoms with Gasteiger partial charge in [0, 0.05) is 23.1 Å². The van der Waals surface area contributed by atoms with Crippen molar-refractivity contribution >= 4 is 24.0 Å². The summed E-state index contributed by atoms with van der Waals surface area (Å²) in [4.78, 5) is 36.8. The Hall–Kier alpha value is -3.75. The van der Waals surface area contributed by atoms with E-state index in [1.807, 2.05) is 42.7 Å². The molecule has 2 aliphatic heterocycles. The van der Waals surface area contributed by atoms with E-state index in [0.29, 0.717) is 11.5 Å². The second kappa shape index (κ2) is 7.01. The lowest BCUT2D eigenvalue weighted by atomic mass is 10.2. The lowest BCUT2D eigenvalue weighted by Crippen LogP contribution is -2.36. The van der Waals surface area contributed by atoms with Gasteiger partial charge in [-0.2, -0.15) is 0 Å². The molecular weight excluding hydrogens is 378 g/mol. The van der Waals surface area contributed by atoms with Crippen molar-refractivity contribution in [3.05, 3.63) is 46.9 Å². The number of amides is 3. The Bertz CT molecular complexity index is 1070. The number of nitrogens with one attached hydrogen (secondary N) is 1. The Balaban J connectivity index is 1.66. The van der Waals surface area contributed by atoms with Crippen molar-refractivity contribution in [1.82, 2.24) is 14.8 Å². The van der Waals surface area contributed by atoms with Crippen LogP contribution in [0.3, 0.4) is 0 Å². The molecule has 9 heteroatoms. The van der Waals surface area contributed by atoms with Gasteiger partial charge in [-0.25, -0.2) is 9.69 Å². The summed E-state index contributed by atoms with van der Waals surface area (Å²) >= 11 is 0. The molecule has 0 saturated carbocycles. The summed E-state index contributed by atoms with van der Waals surface area (Å²) in [6, 6.07) is 6.91. The highest BCUT2D eigenvalue weighted by atomic mass is 16.7. The Morgan fingerprint density at radius 1 is 1.21 bits per heavy atom. The highest BCUT2D eigenvalue weighted by Gasteiger charge is 2.35. The Labute approximate surface area is 166 Å². The Kier molecular flexibility index (Phi) is 4.50. The molecular formula is C20H19N3O6. The molecule has 4 rings (SSSR count). The minimum absolute atomic E-state index is 0.102. The Morgan fingerprint density at radius 2 is 1.97 bits per heavy atom. The number of aryl methyl sites for hydroxylation is 1. The summed E-state index contributed by atoms with van der Waals surface area (Å²) in [5.41, 5.74) is 3.58. The van der Waals surface area contributed by atoms with Gasteiger partial charge in [0.25, 0.3) is 5.91 Å². The maximum Gasteiger partial charge on any atom is 0.329 e. The standard InChI is InChI=1S/C20H19N3O6/c1-11-6-13(7-15-19(25)22(20(26)21-15)9-18(24)27-3)12(2)23(11)14-4-5-16-17(8-14)29-10-28-16/h4-8H,9-10H2,1-3H3,(H,21,26)/b15-7+. The average molecular weight is 397 g/mol. The van der Waals surface area contributed by atoms with E-state index >= 15 is 0 Å². The number of ether oxygens (including phenoxy) is 3. The summed E-state index contributed by atoms with van der Waals surface area (Å²) < 4.78 is 17.3. The van der Waals surface area contributed by atoms with Gasteiger partial charge < -0.3 is 24.1 Å². The van der Waals surface area contributed by atoms with Gasteiger partial charge in [0.15, 0.2) is 11.5 Å². The van der Waals surface area contributed by atoms with Gasteiger partial charge in [-0.15, -0.1) is 0 Å². The predicted octanol–water partition coefficient (Wildman–Crippen LogP) is 1.89. The van der Waals surface area contributed by atoms with Crippen molar-refractivity contribution in [2.24, 2.45) is 0 Å². The van der Waals surface area contributed by atoms with Crippen molar-refractivity contribution < 1.29 is 28.6 Å². The van der Waals surface area contributed by atoms with Crippen LogP contribution < -0.4 is 14.8 Å². The number of benzene rings is 1. The van der Waals surface area contributed by atoms with Crippen molar-refractivity contribution in [1.29, 1.82) is 0 Å². The zero-order valence-corrected chi connectivity index (χ0v) is 16.1. The van der Waals surface area contributed by atoms with Crippen LogP contribution in [0, 0.1) is 13.8 Å². The second-order valence-electron chi connectivity index (χ2n) is 6.66. The van der Waals surface area contributed by atoms with Gasteiger partial charge in [0.2, 0.25) is 6.79 Å². The van der Waals surface area contributed by atoms with Crippen LogP contribution in [0.25, 0.3) is 11.8 Å². The third-order valence-corrected chi connectivity index (χ3v) is 4.86. The fourth-order valence-corrected chi connectivity index (χ4v) is 3.42. The number of hydrogen-bond donors (Lipinski definition) is 1. The molecule has 150 valence electrons. The number of carbonyl (C=O) groups is 3. The summed E-state index contributed by atoms with van der Waals surface area (Å²) in [6.07, 6.45) is 1.60. The van der Waals surface area contributed by atoms with Crippen LogP contribution in [-0.4, -0.2) is 47.8 Å². The van der Waals surface area contributed by atoms with Crippen LogP contribution in [0.15, 0.2) is 30.0 Å². The van der Waals surface area contributed by atoms with Crippen LogP contribution in [0.1, 0.15) is 17.0 Å². The molecule has 1 N–H and O–H groups in total. The van der Waals surface area contributed by atoms with Gasteiger partial charge in [-0.1, -0.05) is 0 Å². The molecule has 0 atom stereocenters. The molecule has 2 aromatic rings. The largest absolute Gasteiger partial charge is 0.468 e. The van der Waals surface area contributed by atoms with Crippen LogP contribution >= 0.6 is 0 Å². The minimum atomic E-state index is -0.671. The molecule has 2 aliphatic rings. The molecule has 29 heavy (non-hydrogen) atoms. The molecule has 1 aromatic carbocycles. The van der Waals surface area contributed by atoms with E-state index < -0.39 is 24.5 Å². The summed E-state index contributed by atoms with van der Waals surface area (Å²) in [5, 5.41) is 2.51. The zero-order chi connectivity index (χ0) is 20.7. The normalized spacial score (nSPS) is 16.5. The predicted molar refractivity (Wildman–Crippen MR) is 102 cm³/mol. The van der Waals surface area contributed by atoms with Gasteiger partial charge in [0.05, 0.1) is 7.11 Å². The van der Waals surface area contributed by atoms with E-state index in [9.17, 15) is 14.4 Å². The maximum atomic E-state index is 12.5. The Morgan fingerprint density at radius 3 is 2.72 bits per heavy atom. The molecule has 0 bridgehead atoms. The van der Waals surface area contributed by atoms with Crippen LogP contribution in [-0.2, 0) is 14.3 Å². The third-order valence-electron chi connectivity index (χ3n) is 4.86. The van der Waals surface area contributed by atoms with E-state index in [2.05, 4.69) is 10.1 Å². The highest BCUT2D eigenvalue weighted by Crippen LogP contribution is 2.35. The van der Waals surface area contributed by atoms with Crippen molar-refractivity contribution in [2.75, 3.05) is 20.4 Å². The van der Waals surface area contributed by atoms with Gasteiger partial charge >= 0.3 is 12.0 Å². The number of nitrogens with zero attached hydrogens (tertiary/aromatic N) is 2. The van der Waals surface area contributed by atoms with Crippen LogP contribution in [0.5, 0.6) is 11.5 Å². The quantitative estimate of drug-likeness (QED) is 0.481. The topological polar surface area (TPSA) is 99.1 Å². The summed E-state index contributed by atoms with van der Waals surface area (Å²) in [5.74, 6) is 0.124. The number of urea groups is 1. The van der Waals surface area contributed by atoms with Gasteiger partial charge in [0.1, 0.15) is 12.2 Å². The van der Waals surface area contributed by atoms with Gasteiger partial charge in [-0.05, 0) is 43.7 Å². The van der Waals surface area contributed by atoms with Gasteiger partial charge in [-0.3, -0.25) is 9.59 Å². The molecule has 3 amide bonds. The fourth-order valence-electron chi connectivity index (χ4n) is 3.42. The molecule has 1 saturated heterocycles. The third kappa shape index (κ3) is 3.20. The van der Waals surface area contributed by atoms with Crippen molar-refractivity contribution in [3.63, 3.8) is 0 Å². The zero-order valence-electron chi connectivity index (χ0n) is 16.1. The number of methoxy groups -OCH3 is 1. The molecule has 0 unspecified atom stereocenters. The highest BCUT2D eigenvalue weighted by molar-refractivity contribution is 6.15. The number of fused-ring (bicyclic) bond motifs is 1. The lowest BCUT2D eigenvalue weighted by molar-refractivity contribution is -0.143. The number of hydrogen-bond acceptors (Lipinski definition) is 6. The first kappa shape index (κ1) is 18.6. The molecule has 9 nitrogen and oxygen atoms in total. The summed E-state index contributed by atoms with van der Waals surface area (Å²) in [7, 11) is 1.20. The number of imide groups is 1. The maximum absolute atomic E-state index is 12.5. The SMILES string of the molecule is COC(=O)CN1C(=O)N/C(=C/c2cc(C)n(-c3ccc4c(c3)OCO4)c2C)C1=O. The fraction of sp³-hybridized carbons (Fsp3) is 0.250. The van der Waals surface area contributed by atoms with E-state index in [0.717, 1.165) is 27.5 Å². The number of esters is 1. The van der Waals surface area contributed by atoms with Crippen LogP contribution in [0.2, 0.25) is 0 Å². The molecule has 0 radical (unpaired) electrons. The van der Waals surface area contributed by atoms with Crippen molar-refractivity contribution in [2.45, 2.75) is 13.8 Å². The van der Waals surface area contributed by atoms with E-state index in [4.69, 9.17) is 9.47 Å². The molecule has 1 fully saturated rings. The second-order valence-corrected chi connectivity index (χ2v) is 6.66.